The summed E-state index contributed by atoms with van der Waals surface area (Å²) in [6, 6.07) is 7.44. The molecule has 0 radical (unpaired) electrons. The molecule has 160 valence electrons. The van der Waals surface area contributed by atoms with Crippen LogP contribution in [-0.4, -0.2) is 31.4 Å². The zero-order valence-corrected chi connectivity index (χ0v) is 15.5. The maximum atomic E-state index is 13.3. The van der Waals surface area contributed by atoms with Crippen molar-refractivity contribution in [3.8, 4) is 12.3 Å². The molecule has 1 atom stereocenters. The first-order valence-corrected chi connectivity index (χ1v) is 8.89. The molecule has 0 aliphatic carbocycles. The van der Waals surface area contributed by atoms with E-state index in [0.717, 1.165) is 11.8 Å². The summed E-state index contributed by atoms with van der Waals surface area (Å²) < 4.78 is 84.1. The molecule has 30 heavy (non-hydrogen) atoms. The van der Waals surface area contributed by atoms with Gasteiger partial charge in [0.05, 0.1) is 24.3 Å². The molecule has 1 aliphatic heterocycles. The number of benzene rings is 2. The second kappa shape index (κ2) is 7.85. The Morgan fingerprint density at radius 1 is 0.833 bits per heavy atom. The number of ether oxygens (including phenoxy) is 1. The van der Waals surface area contributed by atoms with E-state index in [1.54, 1.807) is 12.1 Å². The molecule has 1 unspecified atom stereocenters. The van der Waals surface area contributed by atoms with Gasteiger partial charge in [0, 0.05) is 29.9 Å². The van der Waals surface area contributed by atoms with Crippen LogP contribution in [0.25, 0.3) is 0 Å². The van der Waals surface area contributed by atoms with Gasteiger partial charge in [-0.25, -0.2) is 0 Å². The summed E-state index contributed by atoms with van der Waals surface area (Å²) >= 11 is 0. The van der Waals surface area contributed by atoms with Crippen molar-refractivity contribution in [2.24, 2.45) is 0 Å². The van der Waals surface area contributed by atoms with Crippen molar-refractivity contribution in [1.29, 1.82) is 0 Å². The molecule has 0 amide bonds. The van der Waals surface area contributed by atoms with Crippen molar-refractivity contribution in [2.75, 3.05) is 31.2 Å². The fraction of sp³-hybridized carbons (Fsp3) is 0.333. The number of rotatable bonds is 3. The highest BCUT2D eigenvalue weighted by atomic mass is 19.4. The Balaban J connectivity index is 2.03. The van der Waals surface area contributed by atoms with Crippen LogP contribution in [0.1, 0.15) is 22.3 Å². The van der Waals surface area contributed by atoms with Crippen molar-refractivity contribution in [2.45, 2.75) is 18.0 Å². The van der Waals surface area contributed by atoms with Crippen molar-refractivity contribution in [3.63, 3.8) is 0 Å². The fourth-order valence-electron chi connectivity index (χ4n) is 3.32. The van der Waals surface area contributed by atoms with Gasteiger partial charge in [-0.15, -0.1) is 6.42 Å². The molecule has 1 heterocycles. The van der Waals surface area contributed by atoms with Crippen LogP contribution in [0, 0.1) is 12.3 Å². The molecular weight excluding hydrogens is 412 g/mol. The molecule has 0 bridgehead atoms. The van der Waals surface area contributed by atoms with E-state index in [1.807, 2.05) is 10.8 Å². The van der Waals surface area contributed by atoms with Crippen LogP contribution in [0.5, 0.6) is 0 Å². The molecule has 0 aromatic heterocycles. The highest BCUT2D eigenvalue weighted by Crippen LogP contribution is 2.42. The third-order valence-corrected chi connectivity index (χ3v) is 4.92. The smallest absolute Gasteiger partial charge is 0.378 e. The average Bonchev–Trinajstić information content (AvgIpc) is 2.72. The predicted octanol–water partition coefficient (Wildman–Crippen LogP) is 4.43. The molecular formula is C21H17F6NO2. The zero-order valence-electron chi connectivity index (χ0n) is 15.5. The number of anilines is 1. The Hall–Kier alpha value is -2.70. The van der Waals surface area contributed by atoms with Gasteiger partial charge in [-0.1, -0.05) is 24.1 Å². The number of nitrogens with zero attached hydrogens (tertiary/aromatic N) is 1. The minimum absolute atomic E-state index is 0.0647. The lowest BCUT2D eigenvalue weighted by Crippen LogP contribution is -2.36. The third kappa shape index (κ3) is 4.25. The number of hydrogen-bond acceptors (Lipinski definition) is 3. The molecule has 1 aliphatic rings. The Morgan fingerprint density at radius 2 is 1.37 bits per heavy atom. The number of morpholine rings is 1. The second-order valence-electron chi connectivity index (χ2n) is 6.76. The first kappa shape index (κ1) is 22.0. The number of terminal acetylenes is 1. The van der Waals surface area contributed by atoms with E-state index in [9.17, 15) is 31.4 Å². The normalized spacial score (nSPS) is 17.3. The number of hydrogen-bond donors (Lipinski definition) is 1. The first-order valence-electron chi connectivity index (χ1n) is 8.89. The molecule has 2 aromatic rings. The Bertz CT molecular complexity index is 940. The molecule has 1 N–H and O–H groups in total. The largest absolute Gasteiger partial charge is 0.417 e. The molecule has 9 heteroatoms. The minimum Gasteiger partial charge on any atom is -0.378 e. The minimum atomic E-state index is -5.28. The number of halogens is 6. The lowest BCUT2D eigenvalue weighted by molar-refractivity contribution is -0.162. The molecule has 0 spiro atoms. The van der Waals surface area contributed by atoms with Gasteiger partial charge in [-0.05, 0) is 24.3 Å². The van der Waals surface area contributed by atoms with Crippen molar-refractivity contribution < 1.29 is 36.2 Å². The zero-order chi connectivity index (χ0) is 22.2. The van der Waals surface area contributed by atoms with E-state index in [0.29, 0.717) is 26.3 Å². The van der Waals surface area contributed by atoms with Crippen molar-refractivity contribution in [3.05, 3.63) is 64.7 Å². The molecule has 1 fully saturated rings. The van der Waals surface area contributed by atoms with Crippen LogP contribution in [-0.2, 0) is 22.7 Å². The number of alkyl halides is 6. The van der Waals surface area contributed by atoms with E-state index in [4.69, 9.17) is 11.2 Å². The van der Waals surface area contributed by atoms with Gasteiger partial charge in [0.15, 0.2) is 5.60 Å². The van der Waals surface area contributed by atoms with Gasteiger partial charge in [-0.2, -0.15) is 26.3 Å². The molecule has 0 saturated carbocycles. The van der Waals surface area contributed by atoms with E-state index < -0.39 is 34.6 Å². The van der Waals surface area contributed by atoms with Crippen LogP contribution in [0.15, 0.2) is 42.5 Å². The summed E-state index contributed by atoms with van der Waals surface area (Å²) in [7, 11) is 0. The van der Waals surface area contributed by atoms with Crippen molar-refractivity contribution >= 4 is 5.69 Å². The Labute approximate surface area is 168 Å². The lowest BCUT2D eigenvalue weighted by atomic mass is 9.85. The van der Waals surface area contributed by atoms with Gasteiger partial charge in [0.1, 0.15) is 0 Å². The Kier molecular flexibility index (Phi) is 5.76. The lowest BCUT2D eigenvalue weighted by Gasteiger charge is -2.30. The van der Waals surface area contributed by atoms with E-state index in [2.05, 4.69) is 0 Å². The van der Waals surface area contributed by atoms with Crippen LogP contribution < -0.4 is 4.90 Å². The summed E-state index contributed by atoms with van der Waals surface area (Å²) in [4.78, 5) is 2.02. The summed E-state index contributed by atoms with van der Waals surface area (Å²) in [5.74, 6) is 2.02. The molecule has 3 nitrogen and oxygen atoms in total. The third-order valence-electron chi connectivity index (χ3n) is 4.92. The van der Waals surface area contributed by atoms with Crippen LogP contribution in [0.3, 0.4) is 0 Å². The maximum Gasteiger partial charge on any atom is 0.417 e. The topological polar surface area (TPSA) is 32.7 Å². The first-order chi connectivity index (χ1) is 14.0. The van der Waals surface area contributed by atoms with Crippen LogP contribution in [0.4, 0.5) is 32.0 Å². The van der Waals surface area contributed by atoms with Crippen LogP contribution >= 0.6 is 0 Å². The summed E-state index contributed by atoms with van der Waals surface area (Å²) in [6.07, 6.45) is -5.09. The average molecular weight is 429 g/mol. The second-order valence-corrected chi connectivity index (χ2v) is 6.76. The van der Waals surface area contributed by atoms with E-state index >= 15 is 0 Å². The summed E-state index contributed by atoms with van der Waals surface area (Å²) in [5.41, 5.74) is -5.72. The molecule has 3 rings (SSSR count). The van der Waals surface area contributed by atoms with E-state index in [1.165, 1.54) is 12.1 Å². The fourth-order valence-corrected chi connectivity index (χ4v) is 3.32. The molecule has 1 saturated heterocycles. The summed E-state index contributed by atoms with van der Waals surface area (Å²) in [5, 5.41) is 10.9. The van der Waals surface area contributed by atoms with Gasteiger partial charge in [-0.3, -0.25) is 0 Å². The van der Waals surface area contributed by atoms with Gasteiger partial charge in [0.25, 0.3) is 0 Å². The van der Waals surface area contributed by atoms with Gasteiger partial charge >= 0.3 is 12.4 Å². The van der Waals surface area contributed by atoms with Gasteiger partial charge < -0.3 is 14.7 Å². The standard InChI is InChI=1S/C21H17F6NO2/c1-2-19(29,14-3-6-16(7-4-14)28-9-11-30-12-10-28)15-5-8-17(20(22,23)24)18(13-15)21(25,26)27/h1,3-8,13,29H,9-12H2. The predicted molar refractivity (Wildman–Crippen MR) is 97.8 cm³/mol. The van der Waals surface area contributed by atoms with E-state index in [-0.39, 0.29) is 17.7 Å². The van der Waals surface area contributed by atoms with Gasteiger partial charge in [0.2, 0.25) is 0 Å². The highest BCUT2D eigenvalue weighted by Gasteiger charge is 2.44. The highest BCUT2D eigenvalue weighted by molar-refractivity contribution is 5.53. The summed E-state index contributed by atoms with van der Waals surface area (Å²) in [6.45, 7) is 2.38. The monoisotopic (exact) mass is 429 g/mol. The SMILES string of the molecule is C#CC(O)(c1ccc(N2CCOCC2)cc1)c1ccc(C(F)(F)F)c(C(F)(F)F)c1. The Morgan fingerprint density at radius 3 is 1.87 bits per heavy atom. The van der Waals surface area contributed by atoms with Crippen molar-refractivity contribution in [1.82, 2.24) is 0 Å². The molecule has 2 aromatic carbocycles. The number of aliphatic hydroxyl groups is 1. The van der Waals surface area contributed by atoms with Crippen LogP contribution in [0.2, 0.25) is 0 Å². The quantitative estimate of drug-likeness (QED) is 0.579. The maximum absolute atomic E-state index is 13.3.